The number of rotatable bonds is 4. The monoisotopic (exact) mass is 362 g/mol. The topological polar surface area (TPSA) is 28.2 Å². The second kappa shape index (κ2) is 16.2. The van der Waals surface area contributed by atoms with Crippen molar-refractivity contribution in [2.45, 2.75) is 79.6 Å². The van der Waals surface area contributed by atoms with Crippen molar-refractivity contribution in [2.75, 3.05) is 0 Å². The molecule has 0 saturated heterocycles. The summed E-state index contributed by atoms with van der Waals surface area (Å²) in [7, 11) is 0. The van der Waals surface area contributed by atoms with E-state index in [9.17, 15) is 0 Å². The summed E-state index contributed by atoms with van der Waals surface area (Å²) in [5, 5.41) is 8.56. The van der Waals surface area contributed by atoms with Crippen LogP contribution in [-0.2, 0) is 0 Å². The minimum atomic E-state index is 0. The number of nitrogens with zero attached hydrogens (tertiary/aromatic N) is 2. The van der Waals surface area contributed by atoms with Crippen LogP contribution in [0.15, 0.2) is 0 Å². The minimum Gasteiger partial charge on any atom is -0.658 e. The second-order valence-corrected chi connectivity index (χ2v) is 4.67. The number of hydrogen-bond acceptors (Lipinski definition) is 0. The summed E-state index contributed by atoms with van der Waals surface area (Å²) in [4.78, 5) is 0. The van der Waals surface area contributed by atoms with E-state index in [2.05, 4.69) is 66.0 Å². The summed E-state index contributed by atoms with van der Waals surface area (Å²) in [5.41, 5.74) is 0. The zero-order valence-corrected chi connectivity index (χ0v) is 15.3. The van der Waals surface area contributed by atoms with Crippen LogP contribution < -0.4 is 0 Å². The Morgan fingerprint density at radius 1 is 0.500 bits per heavy atom. The molecule has 16 heavy (non-hydrogen) atoms. The molecule has 0 unspecified atom stereocenters. The Morgan fingerprint density at radius 2 is 0.625 bits per heavy atom. The van der Waals surface area contributed by atoms with Gasteiger partial charge in [-0.3, -0.25) is 4.70 Å². The predicted octanol–water partition coefficient (Wildman–Crippen LogP) is 4.51. The van der Waals surface area contributed by atoms with Crippen LogP contribution in [0.5, 0.6) is 0 Å². The summed E-state index contributed by atoms with van der Waals surface area (Å²) >= 11 is 0. The molecule has 0 amide bonds. The zero-order chi connectivity index (χ0) is 11.7. The Morgan fingerprint density at radius 3 is 0.625 bits per heavy atom. The summed E-state index contributed by atoms with van der Waals surface area (Å²) in [6.07, 6.45) is 0. The number of hydrogen-bond donors (Lipinski definition) is 0. The molecule has 0 fully saturated rings. The van der Waals surface area contributed by atoms with Crippen LogP contribution in [-0.4, -0.2) is 24.2 Å². The Labute approximate surface area is 135 Å². The molecule has 0 aromatic rings. The maximum Gasteiger partial charge on any atom is 0 e. The maximum atomic E-state index is 4.28. The molecule has 0 aliphatic rings. The van der Waals surface area contributed by atoms with Crippen LogP contribution in [0, 0.1) is 40.8 Å². The van der Waals surface area contributed by atoms with Gasteiger partial charge in [0.1, 0.15) is 0 Å². The molecule has 100 valence electrons. The van der Waals surface area contributed by atoms with E-state index in [1.807, 2.05) is 0 Å². The molecule has 0 saturated carbocycles. The van der Waals surface area contributed by atoms with Crippen molar-refractivity contribution in [3.05, 3.63) is 10.6 Å². The van der Waals surface area contributed by atoms with Gasteiger partial charge in [0, 0.05) is 40.8 Å². The van der Waals surface area contributed by atoms with Crippen molar-refractivity contribution in [3.8, 4) is 0 Å². The van der Waals surface area contributed by atoms with Gasteiger partial charge in [-0.05, 0) is 0 Å². The molecule has 0 spiro atoms. The fourth-order valence-corrected chi connectivity index (χ4v) is 1.19. The van der Waals surface area contributed by atoms with Crippen molar-refractivity contribution in [3.63, 3.8) is 0 Å². The largest absolute Gasteiger partial charge is 0.658 e. The maximum absolute atomic E-state index is 4.28. The third kappa shape index (κ3) is 36.2. The molecule has 2 nitrogen and oxygen atoms in total. The van der Waals surface area contributed by atoms with E-state index in [-0.39, 0.29) is 45.5 Å². The zero-order valence-electron chi connectivity index (χ0n) is 12.1. The molecular formula is C12H29FN2Nd-2. The van der Waals surface area contributed by atoms with Crippen LogP contribution in [0.3, 0.4) is 0 Å². The quantitative estimate of drug-likeness (QED) is 0.702. The van der Waals surface area contributed by atoms with Gasteiger partial charge in [0.25, 0.3) is 0 Å². The fourth-order valence-electron chi connectivity index (χ4n) is 1.19. The molecule has 0 N–H and O–H groups in total. The van der Waals surface area contributed by atoms with Gasteiger partial charge in [-0.1, -0.05) is 55.4 Å². The normalized spacial score (nSPS) is 9.75. The van der Waals surface area contributed by atoms with E-state index >= 15 is 0 Å². The molecule has 0 atom stereocenters. The fraction of sp³-hybridized carbons (Fsp3) is 1.00. The van der Waals surface area contributed by atoms with Gasteiger partial charge in [0.05, 0.1) is 0 Å². The Balaban J connectivity index is -0.0000000800. The number of halogens is 1. The Bertz CT molecular complexity index is 91.6. The predicted molar refractivity (Wildman–Crippen MR) is 69.8 cm³/mol. The van der Waals surface area contributed by atoms with Gasteiger partial charge in [0.15, 0.2) is 0 Å². The summed E-state index contributed by atoms with van der Waals surface area (Å²) < 4.78 is 0. The van der Waals surface area contributed by atoms with Gasteiger partial charge in [-0.25, -0.2) is 0 Å². The van der Waals surface area contributed by atoms with Gasteiger partial charge in [0.2, 0.25) is 0 Å². The second-order valence-electron chi connectivity index (χ2n) is 4.67. The van der Waals surface area contributed by atoms with Crippen molar-refractivity contribution < 1.29 is 45.5 Å². The third-order valence-electron chi connectivity index (χ3n) is 1.19. The van der Waals surface area contributed by atoms with E-state index in [4.69, 9.17) is 0 Å². The van der Waals surface area contributed by atoms with Gasteiger partial charge in [-0.15, -0.1) is 24.2 Å². The summed E-state index contributed by atoms with van der Waals surface area (Å²) in [6.45, 7) is 16.8. The molecule has 4 heteroatoms. The van der Waals surface area contributed by atoms with Crippen molar-refractivity contribution >= 4 is 0 Å². The van der Waals surface area contributed by atoms with Gasteiger partial charge < -0.3 is 10.6 Å². The smallest absolute Gasteiger partial charge is 0 e. The Hall–Kier alpha value is 1.20. The first-order chi connectivity index (χ1) is 6.25. The summed E-state index contributed by atoms with van der Waals surface area (Å²) in [6, 6.07) is 2.00. The molecule has 0 heterocycles. The molecule has 0 aliphatic heterocycles. The van der Waals surface area contributed by atoms with Crippen LogP contribution >= 0.6 is 0 Å². The third-order valence-corrected chi connectivity index (χ3v) is 1.19. The average Bonchev–Trinajstić information content (AvgIpc) is 1.79. The standard InChI is InChI=1S/2C6H14N.FH.Nd/c2*1-5(2)7-6(3)4;;/h2*5-6H,1-4H3;1H;/q2*-1;;. The van der Waals surface area contributed by atoms with Crippen molar-refractivity contribution in [1.29, 1.82) is 0 Å². The molecule has 0 bridgehead atoms. The van der Waals surface area contributed by atoms with Gasteiger partial charge >= 0.3 is 0 Å². The van der Waals surface area contributed by atoms with E-state index in [0.29, 0.717) is 24.2 Å². The molecular weight excluding hydrogens is 335 g/mol. The first-order valence-electron chi connectivity index (χ1n) is 5.65. The van der Waals surface area contributed by atoms with E-state index in [1.165, 1.54) is 0 Å². The van der Waals surface area contributed by atoms with Crippen LogP contribution in [0.25, 0.3) is 10.6 Å². The molecule has 0 rings (SSSR count). The SMILES string of the molecule is CC(C)[N-]C(C)C.CC(C)[N-]C(C)C.F.[Nd]. The first kappa shape index (κ1) is 25.9. The average molecular weight is 365 g/mol. The van der Waals surface area contributed by atoms with Crippen LogP contribution in [0.1, 0.15) is 55.4 Å². The van der Waals surface area contributed by atoms with E-state index in [0.717, 1.165) is 0 Å². The van der Waals surface area contributed by atoms with Crippen LogP contribution in [0.4, 0.5) is 4.70 Å². The van der Waals surface area contributed by atoms with Crippen LogP contribution in [0.2, 0.25) is 0 Å². The van der Waals surface area contributed by atoms with E-state index in [1.54, 1.807) is 0 Å². The van der Waals surface area contributed by atoms with Gasteiger partial charge in [-0.2, -0.15) is 0 Å². The van der Waals surface area contributed by atoms with Crippen molar-refractivity contribution in [1.82, 2.24) is 0 Å². The van der Waals surface area contributed by atoms with E-state index < -0.39 is 0 Å². The minimum absolute atomic E-state index is 0. The molecule has 0 aromatic carbocycles. The molecule has 0 aromatic heterocycles. The molecule has 0 radical (unpaired) electrons. The summed E-state index contributed by atoms with van der Waals surface area (Å²) in [5.74, 6) is 0. The molecule has 0 aliphatic carbocycles. The Kier molecular flexibility index (Phi) is 26.2. The van der Waals surface area contributed by atoms with Crippen molar-refractivity contribution in [2.24, 2.45) is 0 Å². The first-order valence-corrected chi connectivity index (χ1v) is 5.65.